The number of carbonyl (C=O) groups excluding carboxylic acids is 1. The van der Waals surface area contributed by atoms with Crippen LogP contribution < -0.4 is 0 Å². The summed E-state index contributed by atoms with van der Waals surface area (Å²) in [7, 11) is 0. The molecule has 3 aliphatic rings. The third-order valence-corrected chi connectivity index (χ3v) is 7.12. The fourth-order valence-electron chi connectivity index (χ4n) is 5.64. The molecule has 1 saturated heterocycles. The van der Waals surface area contributed by atoms with Gasteiger partial charge in [0.2, 0.25) is 0 Å². The van der Waals surface area contributed by atoms with Gasteiger partial charge in [0.1, 0.15) is 0 Å². The van der Waals surface area contributed by atoms with E-state index in [1.54, 1.807) is 0 Å². The molecule has 2 aliphatic carbocycles. The van der Waals surface area contributed by atoms with E-state index >= 15 is 0 Å². The van der Waals surface area contributed by atoms with Crippen LogP contribution in [0.3, 0.4) is 0 Å². The van der Waals surface area contributed by atoms with Crippen LogP contribution in [-0.4, -0.2) is 53.2 Å². The summed E-state index contributed by atoms with van der Waals surface area (Å²) < 4.78 is 7.93. The molecule has 0 amide bonds. The number of morpholine rings is 1. The second-order valence-electron chi connectivity index (χ2n) is 8.60. The fraction of sp³-hybridized carbons (Fsp3) is 0.458. The molecule has 29 heavy (non-hydrogen) atoms. The first kappa shape index (κ1) is 17.6. The lowest BCUT2D eigenvalue weighted by Gasteiger charge is -2.27. The van der Waals surface area contributed by atoms with Crippen LogP contribution in [0, 0.1) is 0 Å². The van der Waals surface area contributed by atoms with Crippen molar-refractivity contribution in [3.8, 4) is 0 Å². The molecule has 2 heterocycles. The van der Waals surface area contributed by atoms with Gasteiger partial charge in [-0.25, -0.2) is 0 Å². The minimum atomic E-state index is -0.362. The molecule has 5 nitrogen and oxygen atoms in total. The normalized spacial score (nSPS) is 22.0. The van der Waals surface area contributed by atoms with Crippen molar-refractivity contribution in [1.29, 1.82) is 0 Å². The maximum Gasteiger partial charge on any atom is 0.163 e. The van der Waals surface area contributed by atoms with Crippen molar-refractivity contribution in [1.82, 2.24) is 9.47 Å². The molecule has 150 valence electrons. The van der Waals surface area contributed by atoms with Gasteiger partial charge in [0.25, 0.3) is 0 Å². The number of benzene rings is 2. The van der Waals surface area contributed by atoms with Crippen molar-refractivity contribution < 1.29 is 14.6 Å². The molecule has 1 aromatic heterocycles. The number of fused-ring (bicyclic) bond motifs is 7. The Bertz CT molecular complexity index is 1140. The van der Waals surface area contributed by atoms with Gasteiger partial charge in [-0.2, -0.15) is 0 Å². The van der Waals surface area contributed by atoms with Crippen LogP contribution in [0.15, 0.2) is 24.3 Å². The largest absolute Gasteiger partial charge is 0.388 e. The van der Waals surface area contributed by atoms with Crippen molar-refractivity contribution in [3.63, 3.8) is 0 Å². The highest BCUT2D eigenvalue weighted by atomic mass is 16.5. The smallest absolute Gasteiger partial charge is 0.163 e. The number of ketones is 1. The number of carbonyl (C=O) groups is 1. The number of ether oxygens (including phenoxy) is 1. The first-order valence-electron chi connectivity index (χ1n) is 10.8. The Morgan fingerprint density at radius 3 is 2.52 bits per heavy atom. The number of rotatable bonds is 3. The highest BCUT2D eigenvalue weighted by molar-refractivity contribution is 6.16. The van der Waals surface area contributed by atoms with Gasteiger partial charge in [-0.05, 0) is 54.2 Å². The molecule has 6 rings (SSSR count). The number of hydrogen-bond acceptors (Lipinski definition) is 4. The zero-order valence-corrected chi connectivity index (χ0v) is 16.6. The number of aliphatic hydroxyl groups excluding tert-OH is 1. The zero-order chi connectivity index (χ0) is 19.5. The van der Waals surface area contributed by atoms with E-state index in [1.165, 1.54) is 32.9 Å². The quantitative estimate of drug-likeness (QED) is 0.746. The molecule has 1 aliphatic heterocycles. The number of aromatic nitrogens is 1. The second kappa shape index (κ2) is 6.66. The monoisotopic (exact) mass is 390 g/mol. The summed E-state index contributed by atoms with van der Waals surface area (Å²) in [5, 5.41) is 13.0. The summed E-state index contributed by atoms with van der Waals surface area (Å²) in [6, 6.07) is 8.48. The third-order valence-electron chi connectivity index (χ3n) is 7.12. The van der Waals surface area contributed by atoms with E-state index in [9.17, 15) is 9.90 Å². The summed E-state index contributed by atoms with van der Waals surface area (Å²) in [5.41, 5.74) is 6.97. The molecule has 0 saturated carbocycles. The lowest BCUT2D eigenvalue weighted by molar-refractivity contribution is 0.0366. The lowest BCUT2D eigenvalue weighted by atomic mass is 9.97. The molecule has 0 radical (unpaired) electrons. The summed E-state index contributed by atoms with van der Waals surface area (Å²) in [6.07, 6.45) is 2.79. The highest BCUT2D eigenvalue weighted by Gasteiger charge is 2.29. The predicted octanol–water partition coefficient (Wildman–Crippen LogP) is 3.24. The predicted molar refractivity (Wildman–Crippen MR) is 113 cm³/mol. The van der Waals surface area contributed by atoms with Crippen molar-refractivity contribution in [2.24, 2.45) is 0 Å². The molecule has 1 unspecified atom stereocenters. The molecule has 1 atom stereocenters. The average molecular weight is 390 g/mol. The van der Waals surface area contributed by atoms with E-state index in [2.05, 4.69) is 27.7 Å². The molecule has 3 aromatic rings. The number of aryl methyl sites for hydroxylation is 2. The first-order chi connectivity index (χ1) is 14.2. The van der Waals surface area contributed by atoms with Gasteiger partial charge in [-0.15, -0.1) is 0 Å². The molecule has 0 bridgehead atoms. The Morgan fingerprint density at radius 2 is 1.69 bits per heavy atom. The average Bonchev–Trinajstić information content (AvgIpc) is 3.41. The summed E-state index contributed by atoms with van der Waals surface area (Å²) >= 11 is 0. The highest BCUT2D eigenvalue weighted by Crippen LogP contribution is 2.43. The molecule has 1 fully saturated rings. The maximum absolute atomic E-state index is 12.4. The van der Waals surface area contributed by atoms with Crippen molar-refractivity contribution in [3.05, 3.63) is 46.5 Å². The Kier molecular flexibility index (Phi) is 4.05. The van der Waals surface area contributed by atoms with E-state index in [0.717, 1.165) is 69.8 Å². The molecule has 5 heteroatoms. The molecule has 2 aromatic carbocycles. The van der Waals surface area contributed by atoms with Crippen LogP contribution in [0.4, 0.5) is 0 Å². The van der Waals surface area contributed by atoms with Crippen molar-refractivity contribution >= 4 is 27.6 Å². The SMILES string of the molecule is O=C1CCc2c1ccc1c2c2c3c(ccc2n1CCN1CCOCC1)C(O)CC3. The number of aliphatic hydroxyl groups is 1. The minimum Gasteiger partial charge on any atom is -0.388 e. The van der Waals surface area contributed by atoms with Crippen LogP contribution >= 0.6 is 0 Å². The number of hydrogen-bond donors (Lipinski definition) is 1. The Labute approximate surface area is 169 Å². The van der Waals surface area contributed by atoms with E-state index in [0.29, 0.717) is 6.42 Å². The Hall–Kier alpha value is -2.21. The van der Waals surface area contributed by atoms with E-state index < -0.39 is 0 Å². The summed E-state index contributed by atoms with van der Waals surface area (Å²) in [5.74, 6) is 0.267. The standard InChI is InChI=1S/C24H26N2O3/c27-21-7-3-17-15(21)1-5-19-23(17)24-18-4-8-22(28)16(18)2-6-20(24)26(19)10-9-25-11-13-29-14-12-25/h1-2,5-6,21,27H,3-4,7-14H2. The molecule has 0 spiro atoms. The van der Waals surface area contributed by atoms with Gasteiger partial charge in [0.15, 0.2) is 5.78 Å². The van der Waals surface area contributed by atoms with Gasteiger partial charge >= 0.3 is 0 Å². The van der Waals surface area contributed by atoms with Crippen LogP contribution in [-0.2, 0) is 24.1 Å². The number of Topliss-reactive ketones (excluding diaryl/α,β-unsaturated/α-hetero) is 1. The van der Waals surface area contributed by atoms with Gasteiger partial charge in [-0.1, -0.05) is 6.07 Å². The lowest BCUT2D eigenvalue weighted by Crippen LogP contribution is -2.38. The Balaban J connectivity index is 1.56. The van der Waals surface area contributed by atoms with Crippen LogP contribution in [0.5, 0.6) is 0 Å². The van der Waals surface area contributed by atoms with Crippen LogP contribution in [0.2, 0.25) is 0 Å². The summed E-state index contributed by atoms with van der Waals surface area (Å²) in [4.78, 5) is 14.9. The van der Waals surface area contributed by atoms with Gasteiger partial charge in [0.05, 0.1) is 19.3 Å². The summed E-state index contributed by atoms with van der Waals surface area (Å²) in [6.45, 7) is 5.53. The van der Waals surface area contributed by atoms with Crippen molar-refractivity contribution in [2.75, 3.05) is 32.8 Å². The minimum absolute atomic E-state index is 0.267. The van der Waals surface area contributed by atoms with E-state index in [-0.39, 0.29) is 11.9 Å². The Morgan fingerprint density at radius 1 is 0.931 bits per heavy atom. The zero-order valence-electron chi connectivity index (χ0n) is 16.6. The fourth-order valence-corrected chi connectivity index (χ4v) is 5.64. The topological polar surface area (TPSA) is 54.7 Å². The van der Waals surface area contributed by atoms with E-state index in [4.69, 9.17) is 4.74 Å². The van der Waals surface area contributed by atoms with E-state index in [1.807, 2.05) is 6.07 Å². The van der Waals surface area contributed by atoms with Crippen molar-refractivity contribution in [2.45, 2.75) is 38.3 Å². The molecular weight excluding hydrogens is 364 g/mol. The van der Waals surface area contributed by atoms with Crippen LogP contribution in [0.1, 0.15) is 46.0 Å². The third kappa shape index (κ3) is 2.61. The first-order valence-corrected chi connectivity index (χ1v) is 10.8. The maximum atomic E-state index is 12.4. The van der Waals surface area contributed by atoms with Gasteiger partial charge < -0.3 is 14.4 Å². The van der Waals surface area contributed by atoms with Crippen LogP contribution in [0.25, 0.3) is 21.8 Å². The molecular formula is C24H26N2O3. The molecule has 1 N–H and O–H groups in total. The second-order valence-corrected chi connectivity index (χ2v) is 8.60. The van der Waals surface area contributed by atoms with Gasteiger partial charge in [0, 0.05) is 60.0 Å². The number of nitrogens with zero attached hydrogens (tertiary/aromatic N) is 2. The van der Waals surface area contributed by atoms with Gasteiger partial charge in [-0.3, -0.25) is 9.69 Å².